The van der Waals surface area contributed by atoms with Crippen molar-refractivity contribution in [3.8, 4) is 11.5 Å². The summed E-state index contributed by atoms with van der Waals surface area (Å²) in [4.78, 5) is 22.6. The summed E-state index contributed by atoms with van der Waals surface area (Å²) >= 11 is 0. The van der Waals surface area contributed by atoms with Gasteiger partial charge in [0.2, 0.25) is 0 Å². The molecule has 1 aliphatic rings. The number of cyclic esters (lactones) is 1. The number of ether oxygens (including phenoxy) is 1. The van der Waals surface area contributed by atoms with Gasteiger partial charge in [-0.1, -0.05) is 0 Å². The maximum absolute atomic E-state index is 11.4. The van der Waals surface area contributed by atoms with Crippen LogP contribution in [0.5, 0.6) is 11.5 Å². The number of hydrogen-bond acceptors (Lipinski definition) is 5. The molecule has 2 N–H and O–H groups in total. The topological polar surface area (TPSA) is 83.8 Å². The van der Waals surface area contributed by atoms with E-state index in [2.05, 4.69) is 0 Å². The molecule has 0 aromatic heterocycles. The van der Waals surface area contributed by atoms with Crippen molar-refractivity contribution in [1.29, 1.82) is 0 Å². The number of carbonyl (C=O) groups is 2. The van der Waals surface area contributed by atoms with Crippen molar-refractivity contribution in [2.75, 3.05) is 0 Å². The molecular formula is C15H18O5. The second-order valence-corrected chi connectivity index (χ2v) is 5.74. The maximum atomic E-state index is 11.4. The molecule has 0 aliphatic carbocycles. The molecule has 5 heteroatoms. The average Bonchev–Trinajstić information content (AvgIpc) is 2.62. The number of carbonyl (C=O) groups excluding carboxylic acids is 2. The molecule has 1 unspecified atom stereocenters. The van der Waals surface area contributed by atoms with Gasteiger partial charge in [-0.25, -0.2) is 0 Å². The zero-order valence-electron chi connectivity index (χ0n) is 11.8. The largest absolute Gasteiger partial charge is 0.504 e. The number of aromatic hydroxyl groups is 2. The Bertz CT molecular complexity index is 574. The SMILES string of the molecule is Cc1c(O)c(O)cc(C=O)c1CC1CC(=O)OC1(C)C. The third kappa shape index (κ3) is 2.35. The second-order valence-electron chi connectivity index (χ2n) is 5.74. The van der Waals surface area contributed by atoms with Crippen molar-refractivity contribution in [3.63, 3.8) is 0 Å². The van der Waals surface area contributed by atoms with E-state index in [0.29, 0.717) is 29.4 Å². The van der Waals surface area contributed by atoms with E-state index in [1.54, 1.807) is 6.92 Å². The van der Waals surface area contributed by atoms with Crippen molar-refractivity contribution in [1.82, 2.24) is 0 Å². The van der Waals surface area contributed by atoms with Gasteiger partial charge in [-0.2, -0.15) is 0 Å². The van der Waals surface area contributed by atoms with Gasteiger partial charge in [0.15, 0.2) is 11.5 Å². The highest BCUT2D eigenvalue weighted by Gasteiger charge is 2.42. The highest BCUT2D eigenvalue weighted by molar-refractivity contribution is 5.80. The Balaban J connectivity index is 2.41. The van der Waals surface area contributed by atoms with Gasteiger partial charge < -0.3 is 14.9 Å². The molecule has 108 valence electrons. The summed E-state index contributed by atoms with van der Waals surface area (Å²) in [6.45, 7) is 5.31. The smallest absolute Gasteiger partial charge is 0.306 e. The number of phenolic OH excluding ortho intramolecular Hbond substituents is 2. The summed E-state index contributed by atoms with van der Waals surface area (Å²) in [5.41, 5.74) is 0.832. The summed E-state index contributed by atoms with van der Waals surface area (Å²) in [5.74, 6) is -0.871. The Morgan fingerprint density at radius 2 is 2.10 bits per heavy atom. The number of rotatable bonds is 3. The first-order chi connectivity index (χ1) is 9.26. The van der Waals surface area contributed by atoms with Crippen LogP contribution in [-0.2, 0) is 16.0 Å². The minimum atomic E-state index is -0.600. The fraction of sp³-hybridized carbons (Fsp3) is 0.467. The van der Waals surface area contributed by atoms with Gasteiger partial charge >= 0.3 is 5.97 Å². The molecule has 1 heterocycles. The lowest BCUT2D eigenvalue weighted by Gasteiger charge is -2.26. The van der Waals surface area contributed by atoms with E-state index < -0.39 is 5.60 Å². The first kappa shape index (κ1) is 14.4. The second kappa shape index (κ2) is 4.81. The van der Waals surface area contributed by atoms with Crippen LogP contribution >= 0.6 is 0 Å². The van der Waals surface area contributed by atoms with Crippen LogP contribution in [-0.4, -0.2) is 28.1 Å². The number of benzene rings is 1. The van der Waals surface area contributed by atoms with Crippen molar-refractivity contribution < 1.29 is 24.5 Å². The van der Waals surface area contributed by atoms with Crippen molar-refractivity contribution in [3.05, 3.63) is 22.8 Å². The Morgan fingerprint density at radius 1 is 1.45 bits per heavy atom. The lowest BCUT2D eigenvalue weighted by atomic mass is 9.82. The van der Waals surface area contributed by atoms with Gasteiger partial charge in [-0.05, 0) is 44.4 Å². The normalized spacial score (nSPS) is 20.8. The Kier molecular flexibility index (Phi) is 3.46. The molecule has 5 nitrogen and oxygen atoms in total. The van der Waals surface area contributed by atoms with Crippen LogP contribution in [0.15, 0.2) is 6.07 Å². The Labute approximate surface area is 117 Å². The third-order valence-corrected chi connectivity index (χ3v) is 4.04. The quantitative estimate of drug-likeness (QED) is 0.502. The van der Waals surface area contributed by atoms with Crippen LogP contribution in [0.25, 0.3) is 0 Å². The molecule has 0 radical (unpaired) electrons. The summed E-state index contributed by atoms with van der Waals surface area (Å²) in [5, 5.41) is 19.4. The fourth-order valence-electron chi connectivity index (χ4n) is 2.66. The lowest BCUT2D eigenvalue weighted by Crippen LogP contribution is -2.29. The molecule has 0 saturated carbocycles. The summed E-state index contributed by atoms with van der Waals surface area (Å²) in [6, 6.07) is 1.25. The highest BCUT2D eigenvalue weighted by Crippen LogP contribution is 2.39. The van der Waals surface area contributed by atoms with E-state index in [1.165, 1.54) is 6.07 Å². The number of esters is 1. The minimum Gasteiger partial charge on any atom is -0.504 e. The molecule has 1 saturated heterocycles. The van der Waals surface area contributed by atoms with Crippen LogP contribution in [0.4, 0.5) is 0 Å². The average molecular weight is 278 g/mol. The van der Waals surface area contributed by atoms with E-state index in [4.69, 9.17) is 4.74 Å². The lowest BCUT2D eigenvalue weighted by molar-refractivity contribution is -0.146. The van der Waals surface area contributed by atoms with E-state index in [0.717, 1.165) is 0 Å². The van der Waals surface area contributed by atoms with Gasteiger partial charge in [0.25, 0.3) is 0 Å². The van der Waals surface area contributed by atoms with Crippen LogP contribution < -0.4 is 0 Å². The van der Waals surface area contributed by atoms with Crippen LogP contribution in [0.2, 0.25) is 0 Å². The van der Waals surface area contributed by atoms with Crippen molar-refractivity contribution >= 4 is 12.3 Å². The molecule has 2 rings (SSSR count). The van der Waals surface area contributed by atoms with E-state index in [-0.39, 0.29) is 29.8 Å². The molecule has 1 aromatic rings. The molecule has 0 bridgehead atoms. The first-order valence-electron chi connectivity index (χ1n) is 6.47. The number of hydrogen-bond donors (Lipinski definition) is 2. The van der Waals surface area contributed by atoms with E-state index >= 15 is 0 Å². The summed E-state index contributed by atoms with van der Waals surface area (Å²) < 4.78 is 5.26. The molecule has 0 amide bonds. The molecule has 1 atom stereocenters. The van der Waals surface area contributed by atoms with Gasteiger partial charge in [-0.3, -0.25) is 9.59 Å². The van der Waals surface area contributed by atoms with Gasteiger partial charge in [-0.15, -0.1) is 0 Å². The zero-order valence-corrected chi connectivity index (χ0v) is 11.8. The van der Waals surface area contributed by atoms with Crippen LogP contribution in [0.1, 0.15) is 41.8 Å². The molecule has 1 fully saturated rings. The Hall–Kier alpha value is -2.04. The van der Waals surface area contributed by atoms with E-state index in [1.807, 2.05) is 13.8 Å². The highest BCUT2D eigenvalue weighted by atomic mass is 16.6. The fourth-order valence-corrected chi connectivity index (χ4v) is 2.66. The van der Waals surface area contributed by atoms with Crippen LogP contribution in [0.3, 0.4) is 0 Å². The first-order valence-corrected chi connectivity index (χ1v) is 6.47. The Morgan fingerprint density at radius 3 is 2.60 bits per heavy atom. The van der Waals surface area contributed by atoms with Crippen molar-refractivity contribution in [2.24, 2.45) is 5.92 Å². The third-order valence-electron chi connectivity index (χ3n) is 4.04. The molecule has 20 heavy (non-hydrogen) atoms. The molecular weight excluding hydrogens is 260 g/mol. The molecule has 1 aliphatic heterocycles. The predicted octanol–water partition coefficient (Wildman–Crippen LogP) is 2.10. The summed E-state index contributed by atoms with van der Waals surface area (Å²) in [7, 11) is 0. The predicted molar refractivity (Wildman–Crippen MR) is 71.9 cm³/mol. The minimum absolute atomic E-state index is 0.0728. The molecule has 0 spiro atoms. The maximum Gasteiger partial charge on any atom is 0.306 e. The standard InChI is InChI=1S/C15H18O5/c1-8-11(9(7-16)4-12(17)14(8)19)5-10-6-13(18)20-15(10,2)3/h4,7,10,17,19H,5-6H2,1-3H3. The number of aldehydes is 1. The van der Waals surface area contributed by atoms with Gasteiger partial charge in [0.1, 0.15) is 11.9 Å². The van der Waals surface area contributed by atoms with Gasteiger partial charge in [0, 0.05) is 11.5 Å². The van der Waals surface area contributed by atoms with Crippen molar-refractivity contribution in [2.45, 2.75) is 39.2 Å². The van der Waals surface area contributed by atoms with E-state index in [9.17, 15) is 19.8 Å². The summed E-state index contributed by atoms with van der Waals surface area (Å²) in [6.07, 6.45) is 1.37. The van der Waals surface area contributed by atoms with Gasteiger partial charge in [0.05, 0.1) is 6.42 Å². The number of phenols is 2. The monoisotopic (exact) mass is 278 g/mol. The van der Waals surface area contributed by atoms with Crippen LogP contribution in [0, 0.1) is 12.8 Å². The zero-order chi connectivity index (χ0) is 15.1. The molecule has 1 aromatic carbocycles.